The first-order valence-corrected chi connectivity index (χ1v) is 11.7. The molecule has 1 spiro atoms. The first-order valence-electron chi connectivity index (χ1n) is 11.7. The summed E-state index contributed by atoms with van der Waals surface area (Å²) in [5, 5.41) is 0. The van der Waals surface area contributed by atoms with Crippen molar-refractivity contribution in [2.75, 3.05) is 0 Å². The van der Waals surface area contributed by atoms with Crippen molar-refractivity contribution in [2.24, 2.45) is 5.41 Å². The molecule has 2 aromatic rings. The molecule has 4 fully saturated rings. The van der Waals surface area contributed by atoms with Crippen molar-refractivity contribution in [3.8, 4) is 0 Å². The Kier molecular flexibility index (Phi) is 4.06. The molecule has 3 saturated carbocycles. The summed E-state index contributed by atoms with van der Waals surface area (Å²) in [4.78, 5) is 31.0. The molecular weight excluding hydrogens is 362 g/mol. The number of hydrogen-bond donors (Lipinski definition) is 1. The molecule has 4 aliphatic rings. The van der Waals surface area contributed by atoms with Crippen LogP contribution in [-0.4, -0.2) is 32.6 Å². The van der Waals surface area contributed by atoms with Gasteiger partial charge in [0.1, 0.15) is 0 Å². The lowest BCUT2D eigenvalue weighted by Crippen LogP contribution is -2.80. The van der Waals surface area contributed by atoms with Crippen LogP contribution >= 0.6 is 0 Å². The van der Waals surface area contributed by atoms with E-state index >= 15 is 0 Å². The normalized spacial score (nSPS) is 35.2. The fourth-order valence-corrected chi connectivity index (χ4v) is 7.57. The quantitative estimate of drug-likeness (QED) is 0.786. The van der Waals surface area contributed by atoms with Gasteiger partial charge in [-0.3, -0.25) is 19.1 Å². The molecule has 5 nitrogen and oxygen atoms in total. The van der Waals surface area contributed by atoms with Crippen molar-refractivity contribution in [3.05, 3.63) is 45.0 Å². The van der Waals surface area contributed by atoms with E-state index in [0.29, 0.717) is 12.1 Å². The topological polar surface area (TPSA) is 58.1 Å². The SMILES string of the molecule is O=c1[nH]c2ccccc2n([C@@H]2C[C@H]3N(C4CCCCCCC4)[C@@H]4CCCC432)c1=O. The van der Waals surface area contributed by atoms with Crippen LogP contribution in [-0.2, 0) is 0 Å². The fourth-order valence-electron chi connectivity index (χ4n) is 7.57. The molecule has 3 aliphatic carbocycles. The molecule has 6 rings (SSSR count). The summed E-state index contributed by atoms with van der Waals surface area (Å²) in [5.41, 5.74) is 1.06. The third-order valence-electron chi connectivity index (χ3n) is 8.75. The summed E-state index contributed by atoms with van der Waals surface area (Å²) in [6.07, 6.45) is 14.4. The lowest BCUT2D eigenvalue weighted by Gasteiger charge is -2.74. The lowest BCUT2D eigenvalue weighted by atomic mass is 9.49. The molecule has 1 aromatic carbocycles. The number of para-hydroxylation sites is 2. The van der Waals surface area contributed by atoms with Gasteiger partial charge >= 0.3 is 11.1 Å². The molecule has 1 N–H and O–H groups in total. The molecule has 4 atom stereocenters. The van der Waals surface area contributed by atoms with Crippen molar-refractivity contribution in [1.29, 1.82) is 0 Å². The summed E-state index contributed by atoms with van der Waals surface area (Å²) in [6.45, 7) is 0. The summed E-state index contributed by atoms with van der Waals surface area (Å²) in [6, 6.07) is 9.95. The minimum absolute atomic E-state index is 0.185. The van der Waals surface area contributed by atoms with Crippen LogP contribution < -0.4 is 11.1 Å². The Morgan fingerprint density at radius 2 is 1.62 bits per heavy atom. The van der Waals surface area contributed by atoms with Gasteiger partial charge in [-0.15, -0.1) is 0 Å². The first-order chi connectivity index (χ1) is 14.2. The maximum atomic E-state index is 13.0. The molecule has 0 radical (unpaired) electrons. The average Bonchev–Trinajstić information content (AvgIpc) is 3.12. The highest BCUT2D eigenvalue weighted by Gasteiger charge is 2.73. The Hall–Kier alpha value is -1.88. The number of rotatable bonds is 2. The van der Waals surface area contributed by atoms with E-state index in [0.717, 1.165) is 23.5 Å². The van der Waals surface area contributed by atoms with Crippen LogP contribution in [0.1, 0.15) is 76.7 Å². The molecule has 1 aromatic heterocycles. The summed E-state index contributed by atoms with van der Waals surface area (Å²) in [5.74, 6) is 0. The molecule has 2 heterocycles. The van der Waals surface area contributed by atoms with E-state index in [1.807, 2.05) is 28.8 Å². The highest BCUT2D eigenvalue weighted by molar-refractivity contribution is 5.74. The Balaban J connectivity index is 1.37. The molecule has 1 unspecified atom stereocenters. The van der Waals surface area contributed by atoms with E-state index in [1.54, 1.807) is 0 Å². The van der Waals surface area contributed by atoms with Crippen molar-refractivity contribution in [3.63, 3.8) is 0 Å². The van der Waals surface area contributed by atoms with E-state index in [2.05, 4.69) is 9.88 Å². The number of aromatic nitrogens is 2. The Bertz CT molecular complexity index is 1050. The van der Waals surface area contributed by atoms with Gasteiger partial charge in [-0.05, 0) is 44.2 Å². The van der Waals surface area contributed by atoms with Gasteiger partial charge in [-0.25, -0.2) is 0 Å². The Labute approximate surface area is 171 Å². The van der Waals surface area contributed by atoms with Crippen molar-refractivity contribution >= 4 is 11.0 Å². The zero-order valence-corrected chi connectivity index (χ0v) is 17.1. The Morgan fingerprint density at radius 3 is 2.45 bits per heavy atom. The number of likely N-dealkylation sites (tertiary alicyclic amines) is 1. The number of H-pyrrole nitrogens is 1. The molecule has 0 bridgehead atoms. The number of nitrogens with one attached hydrogen (secondary N) is 1. The third-order valence-corrected chi connectivity index (χ3v) is 8.75. The zero-order chi connectivity index (χ0) is 19.6. The minimum atomic E-state index is -0.478. The van der Waals surface area contributed by atoms with Crippen LogP contribution in [0.15, 0.2) is 33.9 Å². The van der Waals surface area contributed by atoms with E-state index in [4.69, 9.17) is 0 Å². The molecule has 1 aliphatic heterocycles. The average molecular weight is 394 g/mol. The second-order valence-electron chi connectivity index (χ2n) is 9.88. The highest BCUT2D eigenvalue weighted by Crippen LogP contribution is 2.70. The maximum absolute atomic E-state index is 13.0. The number of aromatic amines is 1. The van der Waals surface area contributed by atoms with Gasteiger partial charge in [0.15, 0.2) is 0 Å². The third kappa shape index (κ3) is 2.37. The van der Waals surface area contributed by atoms with Crippen molar-refractivity contribution in [2.45, 2.75) is 94.8 Å². The summed E-state index contributed by atoms with van der Waals surface area (Å²) in [7, 11) is 0. The fraction of sp³-hybridized carbons (Fsp3) is 0.667. The molecule has 154 valence electrons. The van der Waals surface area contributed by atoms with Gasteiger partial charge < -0.3 is 4.98 Å². The highest BCUT2D eigenvalue weighted by atomic mass is 16.2. The van der Waals surface area contributed by atoms with Gasteiger partial charge in [-0.1, -0.05) is 50.7 Å². The van der Waals surface area contributed by atoms with E-state index in [9.17, 15) is 9.59 Å². The number of hydrogen-bond acceptors (Lipinski definition) is 3. The number of fused-ring (bicyclic) bond motifs is 1. The van der Waals surface area contributed by atoms with E-state index < -0.39 is 5.56 Å². The smallest absolute Gasteiger partial charge is 0.316 e. The van der Waals surface area contributed by atoms with Gasteiger partial charge in [0.2, 0.25) is 0 Å². The van der Waals surface area contributed by atoms with E-state index in [1.165, 1.54) is 64.2 Å². The van der Waals surface area contributed by atoms with Gasteiger partial charge in [0.05, 0.1) is 11.0 Å². The van der Waals surface area contributed by atoms with Crippen LogP contribution in [0.5, 0.6) is 0 Å². The van der Waals surface area contributed by atoms with Crippen LogP contribution in [0.3, 0.4) is 0 Å². The summed E-state index contributed by atoms with van der Waals surface area (Å²) < 4.78 is 1.87. The predicted molar refractivity (Wildman–Crippen MR) is 114 cm³/mol. The van der Waals surface area contributed by atoms with Gasteiger partial charge in [-0.2, -0.15) is 0 Å². The van der Waals surface area contributed by atoms with Crippen molar-refractivity contribution in [1.82, 2.24) is 14.5 Å². The molecule has 1 saturated heterocycles. The van der Waals surface area contributed by atoms with Crippen LogP contribution in [0, 0.1) is 5.41 Å². The first kappa shape index (κ1) is 17.9. The molecular formula is C24H31N3O2. The van der Waals surface area contributed by atoms with Crippen LogP contribution in [0.25, 0.3) is 11.0 Å². The summed E-state index contributed by atoms with van der Waals surface area (Å²) >= 11 is 0. The zero-order valence-electron chi connectivity index (χ0n) is 17.1. The molecule has 0 amide bonds. The number of benzene rings is 1. The standard InChI is InChI=1S/C24H31N3O2/c28-22-23(29)27(18-12-7-6-11-17(18)25-22)21-15-20-24(21)14-8-13-19(24)26(20)16-9-4-2-1-3-5-10-16/h6-7,11-12,16,19-21H,1-5,8-10,13-15H2,(H,25,28)/t19-,20-,21-,24?/m1/s1. The van der Waals surface area contributed by atoms with Gasteiger partial charge in [0.25, 0.3) is 0 Å². The number of piperidine rings is 1. The maximum Gasteiger partial charge on any atom is 0.317 e. The minimum Gasteiger partial charge on any atom is -0.316 e. The van der Waals surface area contributed by atoms with E-state index in [-0.39, 0.29) is 17.0 Å². The Morgan fingerprint density at radius 1 is 0.862 bits per heavy atom. The second-order valence-corrected chi connectivity index (χ2v) is 9.88. The lowest BCUT2D eigenvalue weighted by molar-refractivity contribution is -0.241. The molecule has 5 heteroatoms. The largest absolute Gasteiger partial charge is 0.317 e. The monoisotopic (exact) mass is 393 g/mol. The number of nitrogens with zero attached hydrogens (tertiary/aromatic N) is 2. The van der Waals surface area contributed by atoms with Gasteiger partial charge in [0, 0.05) is 29.6 Å². The van der Waals surface area contributed by atoms with Crippen LogP contribution in [0.4, 0.5) is 0 Å². The predicted octanol–water partition coefficient (Wildman–Crippen LogP) is 3.97. The second kappa shape index (κ2) is 6.56. The molecule has 29 heavy (non-hydrogen) atoms. The van der Waals surface area contributed by atoms with Crippen molar-refractivity contribution < 1.29 is 0 Å². The van der Waals surface area contributed by atoms with Crippen LogP contribution in [0.2, 0.25) is 0 Å².